The average Bonchev–Trinajstić information content (AvgIpc) is 2.17. The number of methoxy groups -OCH3 is 1. The molecule has 1 aromatic rings. The summed E-state index contributed by atoms with van der Waals surface area (Å²) in [5.74, 6) is 1.57. The quantitative estimate of drug-likeness (QED) is 0.728. The number of hydrogen-bond donors (Lipinski definition) is 0. The number of rotatable bonds is 4. The third kappa shape index (κ3) is 2.52. The molecule has 0 aliphatic carbocycles. The van der Waals surface area contributed by atoms with E-state index in [9.17, 15) is 0 Å². The van der Waals surface area contributed by atoms with Crippen LogP contribution in [0.4, 0.5) is 0 Å². The molecule has 1 rings (SSSR count). The Kier molecular flexibility index (Phi) is 3.57. The summed E-state index contributed by atoms with van der Waals surface area (Å²) >= 11 is 0. The molecule has 0 heterocycles. The van der Waals surface area contributed by atoms with Gasteiger partial charge in [0.2, 0.25) is 0 Å². The van der Waals surface area contributed by atoms with Crippen LogP contribution >= 0.6 is 0 Å². The predicted molar refractivity (Wildman–Crippen MR) is 56.7 cm³/mol. The molecule has 0 N–H and O–H groups in total. The van der Waals surface area contributed by atoms with E-state index in [2.05, 4.69) is 12.7 Å². The van der Waals surface area contributed by atoms with E-state index in [-0.39, 0.29) is 6.10 Å². The van der Waals surface area contributed by atoms with Crippen LogP contribution in [0.15, 0.2) is 24.8 Å². The van der Waals surface area contributed by atoms with Crippen molar-refractivity contribution < 1.29 is 9.47 Å². The van der Waals surface area contributed by atoms with Crippen molar-refractivity contribution in [3.8, 4) is 11.5 Å². The molecule has 14 heavy (non-hydrogen) atoms. The van der Waals surface area contributed by atoms with Gasteiger partial charge in [-0.3, -0.25) is 0 Å². The summed E-state index contributed by atoms with van der Waals surface area (Å²) in [6.07, 6.45) is 2.97. The van der Waals surface area contributed by atoms with Gasteiger partial charge in [-0.25, -0.2) is 0 Å². The first kappa shape index (κ1) is 10.6. The molecule has 0 aliphatic rings. The molecular formula is C12H15O2. The Bertz CT molecular complexity index is 316. The van der Waals surface area contributed by atoms with E-state index in [1.165, 1.54) is 0 Å². The van der Waals surface area contributed by atoms with Crippen molar-refractivity contribution in [1.82, 2.24) is 0 Å². The van der Waals surface area contributed by atoms with Crippen molar-refractivity contribution >= 4 is 0 Å². The van der Waals surface area contributed by atoms with Crippen molar-refractivity contribution in [2.75, 3.05) is 7.11 Å². The second-order valence-corrected chi connectivity index (χ2v) is 3.21. The van der Waals surface area contributed by atoms with Crippen LogP contribution < -0.4 is 9.47 Å². The molecule has 75 valence electrons. The summed E-state index contributed by atoms with van der Waals surface area (Å²) in [5, 5.41) is 0. The highest BCUT2D eigenvalue weighted by Gasteiger charge is 2.04. The minimum atomic E-state index is 0.149. The summed E-state index contributed by atoms with van der Waals surface area (Å²) in [7, 11) is 1.63. The smallest absolute Gasteiger partial charge is 0.127 e. The van der Waals surface area contributed by atoms with Gasteiger partial charge in [-0.2, -0.15) is 0 Å². The van der Waals surface area contributed by atoms with Crippen molar-refractivity contribution in [3.05, 3.63) is 36.4 Å². The van der Waals surface area contributed by atoms with Crippen molar-refractivity contribution in [1.29, 1.82) is 0 Å². The number of hydrogen-bond acceptors (Lipinski definition) is 2. The summed E-state index contributed by atoms with van der Waals surface area (Å²) in [6.45, 7) is 7.58. The molecule has 0 bridgehead atoms. The van der Waals surface area contributed by atoms with Crippen LogP contribution in [-0.4, -0.2) is 13.2 Å². The maximum absolute atomic E-state index is 5.58. The lowest BCUT2D eigenvalue weighted by Gasteiger charge is -2.12. The standard InChI is InChI=1S/C12H15O2/c1-5-10-8-11(13-4)6-7-12(10)14-9(2)3/h6-9H,1H2,2-4H3. The molecule has 0 spiro atoms. The largest absolute Gasteiger partial charge is 0.497 e. The topological polar surface area (TPSA) is 18.5 Å². The molecule has 0 unspecified atom stereocenters. The van der Waals surface area contributed by atoms with E-state index in [1.807, 2.05) is 32.0 Å². The first-order chi connectivity index (χ1) is 6.67. The van der Waals surface area contributed by atoms with E-state index < -0.39 is 0 Å². The fourth-order valence-corrected chi connectivity index (χ4v) is 1.13. The van der Waals surface area contributed by atoms with Gasteiger partial charge >= 0.3 is 0 Å². The third-order valence-corrected chi connectivity index (χ3v) is 1.74. The minimum Gasteiger partial charge on any atom is -0.497 e. The Morgan fingerprint density at radius 1 is 1.36 bits per heavy atom. The lowest BCUT2D eigenvalue weighted by molar-refractivity contribution is 0.241. The Labute approximate surface area is 85.2 Å². The molecule has 0 fully saturated rings. The predicted octanol–water partition coefficient (Wildman–Crippen LogP) is 2.82. The lowest BCUT2D eigenvalue weighted by Crippen LogP contribution is -2.06. The van der Waals surface area contributed by atoms with Crippen LogP contribution in [0.1, 0.15) is 19.4 Å². The highest BCUT2D eigenvalue weighted by Crippen LogP contribution is 2.24. The third-order valence-electron chi connectivity index (χ3n) is 1.74. The van der Waals surface area contributed by atoms with Crippen molar-refractivity contribution in [2.45, 2.75) is 20.0 Å². The zero-order valence-corrected chi connectivity index (χ0v) is 8.83. The summed E-state index contributed by atoms with van der Waals surface area (Å²) in [5.41, 5.74) is 0.832. The van der Waals surface area contributed by atoms with Gasteiger partial charge in [0.15, 0.2) is 0 Å². The van der Waals surface area contributed by atoms with Gasteiger partial charge in [0, 0.05) is 5.56 Å². The van der Waals surface area contributed by atoms with Gasteiger partial charge in [-0.15, -0.1) is 0 Å². The fourth-order valence-electron chi connectivity index (χ4n) is 1.13. The number of benzene rings is 1. The molecule has 0 saturated carbocycles. The van der Waals surface area contributed by atoms with E-state index >= 15 is 0 Å². The molecule has 0 atom stereocenters. The maximum atomic E-state index is 5.58. The van der Waals surface area contributed by atoms with Gasteiger partial charge in [0.05, 0.1) is 13.2 Å². The van der Waals surface area contributed by atoms with Gasteiger partial charge in [0.1, 0.15) is 11.5 Å². The zero-order chi connectivity index (χ0) is 10.6. The normalized spacial score (nSPS) is 10.0. The summed E-state index contributed by atoms with van der Waals surface area (Å²) < 4.78 is 10.7. The van der Waals surface area contributed by atoms with Crippen LogP contribution in [0.2, 0.25) is 0 Å². The Morgan fingerprint density at radius 2 is 2.07 bits per heavy atom. The minimum absolute atomic E-state index is 0.149. The average molecular weight is 191 g/mol. The molecule has 0 saturated heterocycles. The maximum Gasteiger partial charge on any atom is 0.127 e. The molecule has 2 heteroatoms. The molecular weight excluding hydrogens is 176 g/mol. The molecule has 2 nitrogen and oxygen atoms in total. The Hall–Kier alpha value is -1.44. The van der Waals surface area contributed by atoms with Crippen LogP contribution in [0.5, 0.6) is 11.5 Å². The zero-order valence-electron chi connectivity index (χ0n) is 8.83. The van der Waals surface area contributed by atoms with E-state index in [0.717, 1.165) is 17.1 Å². The van der Waals surface area contributed by atoms with Gasteiger partial charge in [0.25, 0.3) is 0 Å². The SMILES string of the molecule is C=[C]c1cc(OC)ccc1OC(C)C. The van der Waals surface area contributed by atoms with Gasteiger partial charge < -0.3 is 9.47 Å². The highest BCUT2D eigenvalue weighted by atomic mass is 16.5. The first-order valence-electron chi connectivity index (χ1n) is 4.55. The Balaban J connectivity index is 2.99. The molecule has 0 aliphatic heterocycles. The van der Waals surface area contributed by atoms with Gasteiger partial charge in [-0.1, -0.05) is 6.58 Å². The van der Waals surface area contributed by atoms with Crippen molar-refractivity contribution in [3.63, 3.8) is 0 Å². The summed E-state index contributed by atoms with van der Waals surface area (Å²) in [4.78, 5) is 0. The number of ether oxygens (including phenoxy) is 2. The van der Waals surface area contributed by atoms with Crippen LogP contribution in [0.25, 0.3) is 0 Å². The fraction of sp³-hybridized carbons (Fsp3) is 0.333. The molecule has 0 amide bonds. The van der Waals surface area contributed by atoms with Gasteiger partial charge in [-0.05, 0) is 38.1 Å². The highest BCUT2D eigenvalue weighted by molar-refractivity contribution is 5.43. The first-order valence-corrected chi connectivity index (χ1v) is 4.55. The Morgan fingerprint density at radius 3 is 2.57 bits per heavy atom. The lowest BCUT2D eigenvalue weighted by atomic mass is 10.2. The van der Waals surface area contributed by atoms with Crippen LogP contribution in [0.3, 0.4) is 0 Å². The van der Waals surface area contributed by atoms with E-state index in [4.69, 9.17) is 9.47 Å². The van der Waals surface area contributed by atoms with Crippen LogP contribution in [0, 0.1) is 6.08 Å². The molecule has 0 aromatic heterocycles. The molecule has 1 radical (unpaired) electrons. The monoisotopic (exact) mass is 191 g/mol. The second kappa shape index (κ2) is 4.70. The van der Waals surface area contributed by atoms with Crippen LogP contribution in [-0.2, 0) is 0 Å². The molecule has 1 aromatic carbocycles. The van der Waals surface area contributed by atoms with E-state index in [0.29, 0.717) is 0 Å². The van der Waals surface area contributed by atoms with E-state index in [1.54, 1.807) is 7.11 Å². The second-order valence-electron chi connectivity index (χ2n) is 3.21. The van der Waals surface area contributed by atoms with Crippen molar-refractivity contribution in [2.24, 2.45) is 0 Å². The summed E-state index contributed by atoms with van der Waals surface area (Å²) in [6, 6.07) is 5.58.